The summed E-state index contributed by atoms with van der Waals surface area (Å²) >= 11 is 0. The average Bonchev–Trinajstić information content (AvgIpc) is 3.36. The number of nitrogens with zero attached hydrogens (tertiary/aromatic N) is 4. The van der Waals surface area contributed by atoms with Gasteiger partial charge in [0.2, 0.25) is 5.91 Å². The molecule has 1 amide bonds. The number of aryl methyl sites for hydroxylation is 3. The molecule has 0 spiro atoms. The quantitative estimate of drug-likeness (QED) is 0.352. The van der Waals surface area contributed by atoms with Gasteiger partial charge in [0.05, 0.1) is 17.8 Å². The highest BCUT2D eigenvalue weighted by Crippen LogP contribution is 2.24. The summed E-state index contributed by atoms with van der Waals surface area (Å²) < 4.78 is 6.04. The number of ether oxygens (including phenoxy) is 1. The number of rotatable bonds is 8. The van der Waals surface area contributed by atoms with Crippen LogP contribution in [0.4, 0.5) is 11.5 Å². The molecule has 11 heteroatoms. The molecule has 0 saturated carbocycles. The molecular weight excluding hydrogens is 522 g/mol. The van der Waals surface area contributed by atoms with Crippen molar-refractivity contribution in [2.75, 3.05) is 17.7 Å². The number of amides is 1. The molecular formula is C30H37N7O4. The molecule has 3 aromatic rings. The molecule has 0 bridgehead atoms. The zero-order valence-corrected chi connectivity index (χ0v) is 24.4. The second-order valence-electron chi connectivity index (χ2n) is 10.7. The number of hydrogen-bond donors (Lipinski definition) is 3. The molecule has 0 fully saturated rings. The van der Waals surface area contributed by atoms with E-state index in [4.69, 9.17) is 0 Å². The zero-order chi connectivity index (χ0) is 30.2. The third-order valence-corrected chi connectivity index (χ3v) is 6.38. The number of carbonyl (C=O) groups is 2. The van der Waals surface area contributed by atoms with Gasteiger partial charge in [0, 0.05) is 32.3 Å². The fourth-order valence-electron chi connectivity index (χ4n) is 4.36. The SMILES string of the molecule is CC(C)(C)OC=O.CNc1ccc(CNC(=O)C2CCc3ncc(NCc4cc(C)cc(C#N)c4)c(=O)n32)c(C)n1. The Morgan fingerprint density at radius 3 is 2.59 bits per heavy atom. The Balaban J connectivity index is 0.000000587. The van der Waals surface area contributed by atoms with E-state index in [1.165, 1.54) is 10.8 Å². The minimum atomic E-state index is -0.606. The molecule has 1 unspecified atom stereocenters. The topological polar surface area (TPSA) is 151 Å². The molecule has 41 heavy (non-hydrogen) atoms. The van der Waals surface area contributed by atoms with Crippen LogP contribution in [-0.2, 0) is 33.8 Å². The lowest BCUT2D eigenvalue weighted by Gasteiger charge is -2.16. The van der Waals surface area contributed by atoms with Crippen LogP contribution in [0.1, 0.15) is 67.0 Å². The smallest absolute Gasteiger partial charge is 0.293 e. The predicted molar refractivity (Wildman–Crippen MR) is 156 cm³/mol. The molecule has 3 heterocycles. The number of pyridine rings is 1. The summed E-state index contributed by atoms with van der Waals surface area (Å²) in [7, 11) is 1.81. The van der Waals surface area contributed by atoms with Crippen LogP contribution in [0.2, 0.25) is 0 Å². The monoisotopic (exact) mass is 559 g/mol. The minimum absolute atomic E-state index is 0.214. The molecule has 216 valence electrons. The average molecular weight is 560 g/mol. The van der Waals surface area contributed by atoms with Gasteiger partial charge >= 0.3 is 0 Å². The molecule has 0 radical (unpaired) electrons. The van der Waals surface area contributed by atoms with Gasteiger partial charge < -0.3 is 20.7 Å². The van der Waals surface area contributed by atoms with E-state index >= 15 is 0 Å². The normalized spacial score (nSPS) is 13.6. The summed E-state index contributed by atoms with van der Waals surface area (Å²) in [5.74, 6) is 1.16. The van der Waals surface area contributed by atoms with Crippen molar-refractivity contribution >= 4 is 23.9 Å². The van der Waals surface area contributed by atoms with Crippen molar-refractivity contribution < 1.29 is 14.3 Å². The van der Waals surface area contributed by atoms with E-state index in [1.807, 2.05) is 58.9 Å². The summed E-state index contributed by atoms with van der Waals surface area (Å²) in [6.07, 6.45) is 2.61. The van der Waals surface area contributed by atoms with Crippen LogP contribution in [0.25, 0.3) is 0 Å². The van der Waals surface area contributed by atoms with Crippen LogP contribution in [0.3, 0.4) is 0 Å². The van der Waals surface area contributed by atoms with Crippen LogP contribution in [0.15, 0.2) is 41.3 Å². The molecule has 0 saturated heterocycles. The van der Waals surface area contributed by atoms with Gasteiger partial charge in [-0.3, -0.25) is 19.0 Å². The van der Waals surface area contributed by atoms with Crippen molar-refractivity contribution in [3.05, 3.63) is 80.7 Å². The van der Waals surface area contributed by atoms with Crippen LogP contribution in [0, 0.1) is 25.2 Å². The highest BCUT2D eigenvalue weighted by molar-refractivity contribution is 5.81. The summed E-state index contributed by atoms with van der Waals surface area (Å²) in [5.41, 5.74) is 3.93. The van der Waals surface area contributed by atoms with Gasteiger partial charge in [-0.1, -0.05) is 12.1 Å². The first-order chi connectivity index (χ1) is 19.4. The maximum absolute atomic E-state index is 13.2. The fraction of sp³-hybridized carbons (Fsp3) is 0.400. The first-order valence-corrected chi connectivity index (χ1v) is 13.3. The molecule has 4 rings (SSSR count). The third kappa shape index (κ3) is 8.38. The van der Waals surface area contributed by atoms with Gasteiger partial charge in [-0.2, -0.15) is 5.26 Å². The van der Waals surface area contributed by atoms with Gasteiger partial charge in [-0.05, 0) is 75.9 Å². The number of nitriles is 1. The number of benzene rings is 1. The van der Waals surface area contributed by atoms with Gasteiger partial charge in [0.25, 0.3) is 12.0 Å². The van der Waals surface area contributed by atoms with Crippen molar-refractivity contribution in [2.45, 2.75) is 72.2 Å². The van der Waals surface area contributed by atoms with E-state index in [2.05, 4.69) is 36.7 Å². The summed E-state index contributed by atoms with van der Waals surface area (Å²) in [6.45, 7) is 10.4. The van der Waals surface area contributed by atoms with Crippen molar-refractivity contribution in [3.63, 3.8) is 0 Å². The van der Waals surface area contributed by atoms with Crippen LogP contribution in [0.5, 0.6) is 0 Å². The van der Waals surface area contributed by atoms with E-state index in [0.29, 0.717) is 49.5 Å². The van der Waals surface area contributed by atoms with Crippen molar-refractivity contribution in [1.82, 2.24) is 19.9 Å². The van der Waals surface area contributed by atoms with E-state index in [0.717, 1.165) is 28.2 Å². The standard InChI is InChI=1S/C25H27N7O2.C5H10O2/c1-15-8-17(11-26)10-18(9-15)12-28-20-14-29-23-7-5-21(32(23)25(20)34)24(33)30-13-19-4-6-22(27-3)31-16(19)2;1-5(2,3)7-4-6/h4,6,8-10,14,21,28H,5,7,12-13H2,1-3H3,(H,27,31)(H,30,33);4H,1-3H3. The second-order valence-corrected chi connectivity index (χ2v) is 10.7. The Bertz CT molecular complexity index is 1500. The van der Waals surface area contributed by atoms with Crippen LogP contribution < -0.4 is 21.5 Å². The number of aromatic nitrogens is 3. The van der Waals surface area contributed by atoms with Crippen molar-refractivity contribution in [1.29, 1.82) is 5.26 Å². The highest BCUT2D eigenvalue weighted by atomic mass is 16.5. The van der Waals surface area contributed by atoms with Gasteiger partial charge in [0.15, 0.2) is 0 Å². The van der Waals surface area contributed by atoms with Gasteiger partial charge in [0.1, 0.15) is 29.0 Å². The Hall–Kier alpha value is -4.72. The van der Waals surface area contributed by atoms with E-state index in [9.17, 15) is 19.6 Å². The molecule has 11 nitrogen and oxygen atoms in total. The minimum Gasteiger partial charge on any atom is -0.462 e. The lowest BCUT2D eigenvalue weighted by atomic mass is 10.1. The fourth-order valence-corrected chi connectivity index (χ4v) is 4.36. The molecule has 1 aliphatic rings. The van der Waals surface area contributed by atoms with Crippen molar-refractivity contribution in [2.24, 2.45) is 0 Å². The summed E-state index contributed by atoms with van der Waals surface area (Å²) in [4.78, 5) is 44.6. The zero-order valence-electron chi connectivity index (χ0n) is 24.4. The van der Waals surface area contributed by atoms with Gasteiger partial charge in [-0.15, -0.1) is 0 Å². The second kappa shape index (κ2) is 13.6. The first-order valence-electron chi connectivity index (χ1n) is 13.3. The van der Waals surface area contributed by atoms with Crippen LogP contribution in [-0.4, -0.2) is 39.6 Å². The number of fused-ring (bicyclic) bond motifs is 1. The lowest BCUT2D eigenvalue weighted by molar-refractivity contribution is -0.138. The van der Waals surface area contributed by atoms with E-state index in [-0.39, 0.29) is 17.1 Å². The predicted octanol–water partition coefficient (Wildman–Crippen LogP) is 3.54. The maximum Gasteiger partial charge on any atom is 0.293 e. The molecule has 3 N–H and O–H groups in total. The number of anilines is 2. The molecule has 2 aromatic heterocycles. The van der Waals surface area contributed by atoms with Crippen molar-refractivity contribution in [3.8, 4) is 6.07 Å². The molecule has 1 aromatic carbocycles. The Morgan fingerprint density at radius 2 is 1.98 bits per heavy atom. The molecule has 0 aliphatic carbocycles. The lowest BCUT2D eigenvalue weighted by Crippen LogP contribution is -2.36. The Labute approximate surface area is 240 Å². The Kier molecular flexibility index (Phi) is 10.2. The van der Waals surface area contributed by atoms with Gasteiger partial charge in [-0.25, -0.2) is 9.97 Å². The molecule has 1 aliphatic heterocycles. The largest absolute Gasteiger partial charge is 0.462 e. The van der Waals surface area contributed by atoms with E-state index in [1.54, 1.807) is 13.1 Å². The van der Waals surface area contributed by atoms with E-state index < -0.39 is 6.04 Å². The highest BCUT2D eigenvalue weighted by Gasteiger charge is 2.31. The molecule has 1 atom stereocenters. The number of hydrogen-bond acceptors (Lipinski definition) is 9. The number of carbonyl (C=O) groups excluding carboxylic acids is 2. The van der Waals surface area contributed by atoms with Crippen LogP contribution >= 0.6 is 0 Å². The summed E-state index contributed by atoms with van der Waals surface area (Å²) in [5, 5.41) is 18.2. The number of nitrogens with one attached hydrogen (secondary N) is 3. The third-order valence-electron chi connectivity index (χ3n) is 6.38. The maximum atomic E-state index is 13.2. The Morgan fingerprint density at radius 1 is 1.22 bits per heavy atom. The summed E-state index contributed by atoms with van der Waals surface area (Å²) in [6, 6.07) is 10.9. The first kappa shape index (κ1) is 30.8.